The van der Waals surface area contributed by atoms with Crippen molar-refractivity contribution in [3.05, 3.63) is 57.3 Å². The maximum absolute atomic E-state index is 13.9. The normalized spacial score (nSPS) is 20.9. The van der Waals surface area contributed by atoms with Gasteiger partial charge in [-0.3, -0.25) is 9.59 Å². The van der Waals surface area contributed by atoms with Crippen LogP contribution in [0.15, 0.2) is 29.2 Å². The highest BCUT2D eigenvalue weighted by Gasteiger charge is 2.42. The Balaban J connectivity index is 1.71. The van der Waals surface area contributed by atoms with E-state index in [1.54, 1.807) is 4.90 Å². The van der Waals surface area contributed by atoms with E-state index in [2.05, 4.69) is 5.10 Å². The highest BCUT2D eigenvalue weighted by atomic mass is 19.4. The summed E-state index contributed by atoms with van der Waals surface area (Å²) in [5.41, 5.74) is -2.26. The Morgan fingerprint density at radius 1 is 1.35 bits per heavy atom. The van der Waals surface area contributed by atoms with Gasteiger partial charge in [-0.05, 0) is 30.5 Å². The zero-order valence-electron chi connectivity index (χ0n) is 16.6. The molecule has 2 aromatic rings. The third-order valence-electron chi connectivity index (χ3n) is 5.65. The summed E-state index contributed by atoms with van der Waals surface area (Å²) >= 11 is 0. The van der Waals surface area contributed by atoms with Crippen molar-refractivity contribution in [1.82, 2.24) is 15.1 Å². The van der Waals surface area contributed by atoms with Crippen LogP contribution in [0.5, 0.6) is 0 Å². The molecule has 1 aromatic carbocycles. The third kappa shape index (κ3) is 4.01. The van der Waals surface area contributed by atoms with Crippen LogP contribution >= 0.6 is 0 Å². The van der Waals surface area contributed by atoms with Gasteiger partial charge in [-0.2, -0.15) is 18.3 Å². The maximum Gasteiger partial charge on any atom is 0.423 e. The van der Waals surface area contributed by atoms with Crippen molar-refractivity contribution in [3.8, 4) is 0 Å². The maximum atomic E-state index is 13.9. The molecule has 1 N–H and O–H groups in total. The number of likely N-dealkylation sites (tertiary alicyclic amines) is 1. The number of H-pyrrole nitrogens is 1. The largest absolute Gasteiger partial charge is 0.423 e. The van der Waals surface area contributed by atoms with Crippen LogP contribution in [-0.4, -0.2) is 40.2 Å². The summed E-state index contributed by atoms with van der Waals surface area (Å²) < 4.78 is 60.8. The summed E-state index contributed by atoms with van der Waals surface area (Å²) in [5, 5.41) is 5.34. The number of nitrogens with zero attached hydrogens (tertiary/aromatic N) is 3. The number of hydrogen-bond donors (Lipinski definition) is 1. The second-order valence-corrected chi connectivity index (χ2v) is 7.62. The molecule has 2 atom stereocenters. The molecule has 0 spiro atoms. The number of aromatic amines is 1. The first kappa shape index (κ1) is 21.3. The zero-order valence-corrected chi connectivity index (χ0v) is 16.6. The molecular weight excluding hydrogens is 420 g/mol. The topological polar surface area (TPSA) is 78.5 Å². The zero-order chi connectivity index (χ0) is 22.3. The van der Waals surface area contributed by atoms with E-state index in [0.29, 0.717) is 24.1 Å². The molecule has 1 fully saturated rings. The summed E-state index contributed by atoms with van der Waals surface area (Å²) in [6, 6.07) is 3.68. The molecule has 1 amide bonds. The van der Waals surface area contributed by atoms with E-state index < -0.39 is 35.0 Å². The van der Waals surface area contributed by atoms with E-state index in [-0.39, 0.29) is 25.1 Å². The monoisotopic (exact) mass is 440 g/mol. The van der Waals surface area contributed by atoms with Gasteiger partial charge in [0.05, 0.1) is 24.5 Å². The van der Waals surface area contributed by atoms with Crippen LogP contribution in [0.25, 0.3) is 0 Å². The van der Waals surface area contributed by atoms with Gasteiger partial charge >= 0.3 is 6.18 Å². The lowest BCUT2D eigenvalue weighted by atomic mass is 10.1. The Kier molecular flexibility index (Phi) is 5.46. The van der Waals surface area contributed by atoms with Gasteiger partial charge in [-0.1, -0.05) is 6.07 Å². The van der Waals surface area contributed by atoms with E-state index in [9.17, 15) is 27.2 Å². The van der Waals surface area contributed by atoms with Crippen LogP contribution in [0.1, 0.15) is 42.7 Å². The van der Waals surface area contributed by atoms with Crippen molar-refractivity contribution in [2.45, 2.75) is 44.8 Å². The second kappa shape index (κ2) is 7.95. The van der Waals surface area contributed by atoms with Crippen LogP contribution in [-0.2, 0) is 22.3 Å². The molecule has 1 saturated heterocycles. The molecule has 2 aliphatic rings. The summed E-state index contributed by atoms with van der Waals surface area (Å²) in [4.78, 5) is 26.7. The lowest BCUT2D eigenvalue weighted by Gasteiger charge is -2.31. The Hall–Kier alpha value is -2.95. The Labute approximate surface area is 174 Å². The molecule has 7 nitrogen and oxygen atoms in total. The smallest absolute Gasteiger partial charge is 0.352 e. The van der Waals surface area contributed by atoms with Gasteiger partial charge < -0.3 is 14.5 Å². The molecule has 1 aromatic heterocycles. The van der Waals surface area contributed by atoms with Gasteiger partial charge in [0, 0.05) is 25.6 Å². The molecule has 166 valence electrons. The number of anilines is 1. The van der Waals surface area contributed by atoms with Gasteiger partial charge in [0.1, 0.15) is 11.4 Å². The van der Waals surface area contributed by atoms with Gasteiger partial charge in [0.15, 0.2) is 6.23 Å². The minimum Gasteiger partial charge on any atom is -0.352 e. The first-order valence-electron chi connectivity index (χ1n) is 9.75. The molecule has 3 heterocycles. The number of nitrogens with one attached hydrogen (secondary N) is 1. The number of ether oxygens (including phenoxy) is 1. The van der Waals surface area contributed by atoms with Crippen molar-refractivity contribution in [2.24, 2.45) is 0 Å². The number of aromatic nitrogens is 2. The number of carbonyl (C=O) groups excluding carboxylic acids is 1. The minimum atomic E-state index is -4.92. The molecule has 2 unspecified atom stereocenters. The number of fused-ring (bicyclic) bond motifs is 1. The van der Waals surface area contributed by atoms with Gasteiger partial charge in [-0.25, -0.2) is 9.49 Å². The predicted molar refractivity (Wildman–Crippen MR) is 102 cm³/mol. The number of benzene rings is 1. The molecule has 2 aliphatic heterocycles. The molecule has 31 heavy (non-hydrogen) atoms. The van der Waals surface area contributed by atoms with Gasteiger partial charge in [0.2, 0.25) is 5.91 Å². The Morgan fingerprint density at radius 3 is 2.84 bits per heavy atom. The highest BCUT2D eigenvalue weighted by Crippen LogP contribution is 2.43. The summed E-state index contributed by atoms with van der Waals surface area (Å²) in [5.74, 6) is -0.667. The van der Waals surface area contributed by atoms with Crippen LogP contribution < -0.4 is 10.5 Å². The summed E-state index contributed by atoms with van der Waals surface area (Å²) in [6.45, 7) is 2.08. The Morgan fingerprint density at radius 2 is 2.13 bits per heavy atom. The molecule has 0 bridgehead atoms. The standard InChI is InChI=1S/C20H20F4N4O3/c1-11(29)27-6-2-3-14(27)10-31-19-15-7-13(21)5-4-12(15)9-28(19)16-8-25-26-18(30)17(16)20(22,23)24/h4-5,7-8,14,19H,2-3,6,9-10H2,1H3,(H,26,30). The predicted octanol–water partition coefficient (Wildman–Crippen LogP) is 2.97. The van der Waals surface area contributed by atoms with Crippen molar-refractivity contribution in [1.29, 1.82) is 0 Å². The lowest BCUT2D eigenvalue weighted by molar-refractivity contribution is -0.138. The second-order valence-electron chi connectivity index (χ2n) is 7.62. The minimum absolute atomic E-state index is 0.0183. The number of carbonyl (C=O) groups is 1. The average Bonchev–Trinajstić information content (AvgIpc) is 3.29. The Bertz CT molecular complexity index is 1060. The molecule has 0 radical (unpaired) electrons. The summed E-state index contributed by atoms with van der Waals surface area (Å²) in [7, 11) is 0. The summed E-state index contributed by atoms with van der Waals surface area (Å²) in [6.07, 6.45) is -3.58. The first-order chi connectivity index (χ1) is 14.7. The fourth-order valence-electron chi connectivity index (χ4n) is 4.27. The molecular formula is C20H20F4N4O3. The third-order valence-corrected chi connectivity index (χ3v) is 5.65. The van der Waals surface area contributed by atoms with E-state index in [0.717, 1.165) is 12.6 Å². The van der Waals surface area contributed by atoms with Crippen molar-refractivity contribution < 1.29 is 27.1 Å². The molecule has 4 rings (SSSR count). The van der Waals surface area contributed by atoms with Gasteiger partial charge in [-0.15, -0.1) is 0 Å². The number of halogens is 4. The molecule has 11 heteroatoms. The van der Waals surface area contributed by atoms with Crippen molar-refractivity contribution >= 4 is 11.6 Å². The molecule has 0 aliphatic carbocycles. The number of rotatable bonds is 4. The van der Waals surface area contributed by atoms with Gasteiger partial charge in [0.25, 0.3) is 5.56 Å². The van der Waals surface area contributed by atoms with Crippen LogP contribution in [0.3, 0.4) is 0 Å². The fourth-order valence-corrected chi connectivity index (χ4v) is 4.27. The van der Waals surface area contributed by atoms with Crippen LogP contribution in [0.2, 0.25) is 0 Å². The SMILES string of the molecule is CC(=O)N1CCCC1COC1c2cc(F)ccc2CN1c1cn[nH]c(=O)c1C(F)(F)F. The van der Waals surface area contributed by atoms with E-state index in [4.69, 9.17) is 4.74 Å². The first-order valence-corrected chi connectivity index (χ1v) is 9.75. The van der Waals surface area contributed by atoms with E-state index in [1.807, 2.05) is 5.10 Å². The van der Waals surface area contributed by atoms with E-state index in [1.165, 1.54) is 30.0 Å². The van der Waals surface area contributed by atoms with Crippen molar-refractivity contribution in [3.63, 3.8) is 0 Å². The number of hydrogen-bond acceptors (Lipinski definition) is 5. The lowest BCUT2D eigenvalue weighted by Crippen LogP contribution is -2.38. The van der Waals surface area contributed by atoms with Crippen LogP contribution in [0.4, 0.5) is 23.2 Å². The number of amides is 1. The van der Waals surface area contributed by atoms with Crippen LogP contribution in [0, 0.1) is 5.82 Å². The average molecular weight is 440 g/mol. The van der Waals surface area contributed by atoms with Crippen molar-refractivity contribution in [2.75, 3.05) is 18.1 Å². The molecule has 0 saturated carbocycles. The number of alkyl halides is 3. The quantitative estimate of drug-likeness (QED) is 0.740. The van der Waals surface area contributed by atoms with E-state index >= 15 is 0 Å². The fraction of sp³-hybridized carbons (Fsp3) is 0.450. The highest BCUT2D eigenvalue weighted by molar-refractivity contribution is 5.73.